The average Bonchev–Trinajstić information content (AvgIpc) is 3.23. The van der Waals surface area contributed by atoms with E-state index < -0.39 is 0 Å². The monoisotopic (exact) mass is 358 g/mol. The van der Waals surface area contributed by atoms with Gasteiger partial charge in [0.1, 0.15) is 18.5 Å². The molecule has 0 spiro atoms. The molecule has 25 heavy (non-hydrogen) atoms. The Morgan fingerprint density at radius 2 is 1.80 bits per heavy atom. The largest absolute Gasteiger partial charge is 0.336 e. The van der Waals surface area contributed by atoms with Crippen molar-refractivity contribution in [3.05, 3.63) is 36.5 Å². The number of nitrogens with zero attached hydrogens (tertiary/aromatic N) is 6. The minimum absolute atomic E-state index is 0.0792. The minimum Gasteiger partial charge on any atom is -0.336 e. The third kappa shape index (κ3) is 3.69. The molecule has 132 valence electrons. The van der Waals surface area contributed by atoms with Crippen LogP contribution in [0.25, 0.3) is 5.82 Å². The molecule has 0 saturated carbocycles. The molecule has 2 saturated heterocycles. The number of pyridine rings is 1. The van der Waals surface area contributed by atoms with E-state index in [2.05, 4.69) is 31.8 Å². The van der Waals surface area contributed by atoms with Gasteiger partial charge in [0.15, 0.2) is 0 Å². The lowest BCUT2D eigenvalue weighted by atomic mass is 10.1. The van der Waals surface area contributed by atoms with Gasteiger partial charge in [-0.1, -0.05) is 0 Å². The molecule has 1 amide bonds. The lowest BCUT2D eigenvalue weighted by Crippen LogP contribution is -2.52. The van der Waals surface area contributed by atoms with Crippen LogP contribution in [-0.2, 0) is 0 Å². The molecular weight excluding hydrogens is 336 g/mol. The van der Waals surface area contributed by atoms with Crippen LogP contribution in [0.1, 0.15) is 23.2 Å². The van der Waals surface area contributed by atoms with E-state index >= 15 is 0 Å². The summed E-state index contributed by atoms with van der Waals surface area (Å²) in [7, 11) is 0. The van der Waals surface area contributed by atoms with Gasteiger partial charge in [0.25, 0.3) is 5.91 Å². The zero-order chi connectivity index (χ0) is 17.1. The van der Waals surface area contributed by atoms with Gasteiger partial charge in [-0.2, -0.15) is 11.8 Å². The normalized spacial score (nSPS) is 19.9. The topological polar surface area (TPSA) is 67.2 Å². The molecular formula is C17H22N6OS. The van der Waals surface area contributed by atoms with Gasteiger partial charge >= 0.3 is 0 Å². The van der Waals surface area contributed by atoms with Crippen molar-refractivity contribution < 1.29 is 4.79 Å². The fraction of sp³-hybridized carbons (Fsp3) is 0.529. The second kappa shape index (κ2) is 7.53. The molecule has 4 heterocycles. The van der Waals surface area contributed by atoms with E-state index in [4.69, 9.17) is 0 Å². The molecule has 8 heteroatoms. The second-order valence-corrected chi connectivity index (χ2v) is 7.67. The van der Waals surface area contributed by atoms with Crippen molar-refractivity contribution in [2.24, 2.45) is 0 Å². The van der Waals surface area contributed by atoms with Crippen LogP contribution in [0.15, 0.2) is 31.0 Å². The summed E-state index contributed by atoms with van der Waals surface area (Å²) < 4.78 is 1.70. The SMILES string of the molecule is O=C(c1ccnc(-n2cnnc2)c1)N1CCN(C2CCSCC2)CC1. The van der Waals surface area contributed by atoms with Gasteiger partial charge in [-0.15, -0.1) is 10.2 Å². The van der Waals surface area contributed by atoms with Crippen LogP contribution in [0.3, 0.4) is 0 Å². The Morgan fingerprint density at radius 1 is 1.08 bits per heavy atom. The molecule has 0 N–H and O–H groups in total. The predicted octanol–water partition coefficient (Wildman–Crippen LogP) is 1.32. The molecule has 4 rings (SSSR count). The first-order valence-corrected chi connectivity index (χ1v) is 9.89. The summed E-state index contributed by atoms with van der Waals surface area (Å²) in [4.78, 5) is 21.7. The van der Waals surface area contributed by atoms with E-state index in [0.29, 0.717) is 17.4 Å². The van der Waals surface area contributed by atoms with Gasteiger partial charge in [0, 0.05) is 44.0 Å². The van der Waals surface area contributed by atoms with Gasteiger partial charge in [0.2, 0.25) is 0 Å². The Morgan fingerprint density at radius 3 is 2.52 bits per heavy atom. The smallest absolute Gasteiger partial charge is 0.254 e. The Labute approximate surface area is 151 Å². The third-order valence-electron chi connectivity index (χ3n) is 4.98. The number of hydrogen-bond donors (Lipinski definition) is 0. The number of hydrogen-bond acceptors (Lipinski definition) is 6. The van der Waals surface area contributed by atoms with Crippen molar-refractivity contribution in [2.75, 3.05) is 37.7 Å². The van der Waals surface area contributed by atoms with Crippen molar-refractivity contribution in [1.82, 2.24) is 29.5 Å². The van der Waals surface area contributed by atoms with Crippen molar-refractivity contribution in [3.8, 4) is 5.82 Å². The highest BCUT2D eigenvalue weighted by molar-refractivity contribution is 7.99. The molecule has 2 aromatic rings. The molecule has 0 aliphatic carbocycles. The van der Waals surface area contributed by atoms with E-state index in [0.717, 1.165) is 26.2 Å². The summed E-state index contributed by atoms with van der Waals surface area (Å²) in [5.74, 6) is 3.28. The van der Waals surface area contributed by atoms with E-state index in [1.807, 2.05) is 4.90 Å². The molecule has 7 nitrogen and oxygen atoms in total. The molecule has 2 aliphatic rings. The number of thioether (sulfide) groups is 1. The highest BCUT2D eigenvalue weighted by atomic mass is 32.2. The summed E-state index contributed by atoms with van der Waals surface area (Å²) >= 11 is 2.06. The first-order chi connectivity index (χ1) is 12.3. The number of carbonyl (C=O) groups is 1. The molecule has 2 aromatic heterocycles. The van der Waals surface area contributed by atoms with Crippen molar-refractivity contribution in [3.63, 3.8) is 0 Å². The lowest BCUT2D eigenvalue weighted by molar-refractivity contribution is 0.0559. The number of amides is 1. The van der Waals surface area contributed by atoms with E-state index in [-0.39, 0.29) is 5.91 Å². The van der Waals surface area contributed by atoms with Gasteiger partial charge < -0.3 is 4.90 Å². The summed E-state index contributed by atoms with van der Waals surface area (Å²) in [6.07, 6.45) is 7.39. The summed E-state index contributed by atoms with van der Waals surface area (Å²) in [6.45, 7) is 3.55. The Balaban J connectivity index is 1.40. The first-order valence-electron chi connectivity index (χ1n) is 8.73. The minimum atomic E-state index is 0.0792. The van der Waals surface area contributed by atoms with Crippen LogP contribution in [0.2, 0.25) is 0 Å². The molecule has 2 aliphatic heterocycles. The van der Waals surface area contributed by atoms with E-state index in [9.17, 15) is 4.79 Å². The van der Waals surface area contributed by atoms with Crippen molar-refractivity contribution in [1.29, 1.82) is 0 Å². The number of rotatable bonds is 3. The Bertz CT molecular complexity index is 708. The summed E-state index contributed by atoms with van der Waals surface area (Å²) in [6, 6.07) is 4.29. The van der Waals surface area contributed by atoms with Gasteiger partial charge in [-0.3, -0.25) is 14.3 Å². The average molecular weight is 358 g/mol. The predicted molar refractivity (Wildman–Crippen MR) is 97.0 cm³/mol. The van der Waals surface area contributed by atoms with Crippen LogP contribution >= 0.6 is 11.8 Å². The third-order valence-corrected chi connectivity index (χ3v) is 6.03. The van der Waals surface area contributed by atoms with Gasteiger partial charge in [-0.05, 0) is 36.5 Å². The quantitative estimate of drug-likeness (QED) is 0.824. The Kier molecular flexibility index (Phi) is 4.98. The van der Waals surface area contributed by atoms with Crippen molar-refractivity contribution >= 4 is 17.7 Å². The highest BCUT2D eigenvalue weighted by Crippen LogP contribution is 2.23. The maximum absolute atomic E-state index is 12.8. The fourth-order valence-electron chi connectivity index (χ4n) is 3.53. The zero-order valence-electron chi connectivity index (χ0n) is 14.1. The van der Waals surface area contributed by atoms with Crippen LogP contribution < -0.4 is 0 Å². The van der Waals surface area contributed by atoms with E-state index in [1.54, 1.807) is 35.6 Å². The number of carbonyl (C=O) groups excluding carboxylic acids is 1. The van der Waals surface area contributed by atoms with Gasteiger partial charge in [-0.25, -0.2) is 4.98 Å². The standard InChI is InChI=1S/C17H22N6OS/c24-17(14-1-4-18-16(11-14)23-12-19-20-13-23)22-7-5-21(6-8-22)15-2-9-25-10-3-15/h1,4,11-13,15H,2-3,5-10H2. The maximum atomic E-state index is 12.8. The summed E-state index contributed by atoms with van der Waals surface area (Å²) in [5.41, 5.74) is 0.668. The van der Waals surface area contributed by atoms with Crippen LogP contribution in [0.4, 0.5) is 0 Å². The van der Waals surface area contributed by atoms with Gasteiger partial charge in [0.05, 0.1) is 0 Å². The highest BCUT2D eigenvalue weighted by Gasteiger charge is 2.27. The molecule has 0 atom stereocenters. The van der Waals surface area contributed by atoms with Crippen LogP contribution in [-0.4, -0.2) is 79.2 Å². The lowest BCUT2D eigenvalue weighted by Gasteiger charge is -2.40. The fourth-order valence-corrected chi connectivity index (χ4v) is 4.62. The molecule has 0 unspecified atom stereocenters. The van der Waals surface area contributed by atoms with Crippen LogP contribution in [0, 0.1) is 0 Å². The molecule has 0 aromatic carbocycles. The van der Waals surface area contributed by atoms with E-state index in [1.165, 1.54) is 24.3 Å². The number of aromatic nitrogens is 4. The first kappa shape index (κ1) is 16.5. The maximum Gasteiger partial charge on any atom is 0.254 e. The van der Waals surface area contributed by atoms with Crippen LogP contribution in [0.5, 0.6) is 0 Å². The number of piperazine rings is 1. The molecule has 2 fully saturated rings. The molecule has 0 radical (unpaired) electrons. The second-order valence-electron chi connectivity index (χ2n) is 6.44. The molecule has 0 bridgehead atoms. The summed E-state index contributed by atoms with van der Waals surface area (Å²) in [5, 5.41) is 7.57. The zero-order valence-corrected chi connectivity index (χ0v) is 14.9. The van der Waals surface area contributed by atoms with Crippen molar-refractivity contribution in [2.45, 2.75) is 18.9 Å². The Hall–Kier alpha value is -1.93.